The predicted molar refractivity (Wildman–Crippen MR) is 298 cm³/mol. The van der Waals surface area contributed by atoms with Crippen LogP contribution in [0.3, 0.4) is 0 Å². The Labute approximate surface area is 429 Å². The van der Waals surface area contributed by atoms with Crippen LogP contribution in [0.15, 0.2) is 109 Å². The molecule has 0 aliphatic heterocycles. The minimum Gasteiger partial charge on any atom is -0.477 e. The summed E-state index contributed by atoms with van der Waals surface area (Å²) >= 11 is 0. The van der Waals surface area contributed by atoms with Crippen LogP contribution < -0.4 is 0 Å². The molecule has 0 bridgehead atoms. The SMILES string of the molecule is CC/C=C/C/C=C/C/C=C/C/C=C/C/C=C/C/C=C/C/C=C/CCCC(=O)OC(COCCC(C(=O)O)[N+](C)(C)C)COC(=O)CCCCCCCCC/C=C/C/C=C/CCCCCCCCCCC. The van der Waals surface area contributed by atoms with E-state index in [2.05, 4.69) is 123 Å². The van der Waals surface area contributed by atoms with E-state index in [9.17, 15) is 19.5 Å². The standard InChI is InChI=1S/C62H103NO7/c1-6-8-10-12-14-16-18-20-22-24-26-28-30-32-34-36-38-40-42-44-46-48-50-52-60(64)69-57-58(56-68-55-54-59(62(66)67)63(3,4)5)70-61(65)53-51-49-47-45-43-41-39-37-35-33-31-29-27-25-23-21-19-17-15-13-11-9-7-2/h9,11,15,17,21,23,26-29,32-35,39,41,45,47,58-59H,6-8,10,12-14,16,18-20,22,24-25,30-31,36-38,40,42-44,46,48-57H2,1-5H3/p+1/b11-9+,17-15+,23-21+,28-26+,29-27+,34-32+,35-33+,41-39+,47-45+. The van der Waals surface area contributed by atoms with E-state index >= 15 is 0 Å². The largest absolute Gasteiger partial charge is 0.477 e. The Hall–Kier alpha value is -4.01. The van der Waals surface area contributed by atoms with Gasteiger partial charge in [0.15, 0.2) is 12.1 Å². The first-order chi connectivity index (χ1) is 34.1. The van der Waals surface area contributed by atoms with Crippen molar-refractivity contribution in [1.82, 2.24) is 0 Å². The number of carboxylic acid groups (broad SMARTS) is 1. The van der Waals surface area contributed by atoms with Crippen LogP contribution in [-0.4, -0.2) is 80.6 Å². The number of unbranched alkanes of at least 4 members (excludes halogenated alkanes) is 17. The number of hydrogen-bond acceptors (Lipinski definition) is 6. The lowest BCUT2D eigenvalue weighted by atomic mass is 10.1. The number of ether oxygens (including phenoxy) is 3. The highest BCUT2D eigenvalue weighted by Gasteiger charge is 2.31. The van der Waals surface area contributed by atoms with Crippen LogP contribution in [0, 0.1) is 0 Å². The van der Waals surface area contributed by atoms with Crippen molar-refractivity contribution in [3.63, 3.8) is 0 Å². The highest BCUT2D eigenvalue weighted by molar-refractivity contribution is 5.72. The molecule has 2 atom stereocenters. The molecule has 8 nitrogen and oxygen atoms in total. The zero-order valence-electron chi connectivity index (χ0n) is 45.4. The minimum atomic E-state index is -0.888. The summed E-state index contributed by atoms with van der Waals surface area (Å²) in [6.45, 7) is 4.56. The van der Waals surface area contributed by atoms with Gasteiger partial charge in [0.1, 0.15) is 6.61 Å². The van der Waals surface area contributed by atoms with Gasteiger partial charge in [-0.3, -0.25) is 9.59 Å². The van der Waals surface area contributed by atoms with Gasteiger partial charge in [-0.25, -0.2) is 4.79 Å². The molecule has 0 aromatic carbocycles. The monoisotopic (exact) mass is 975 g/mol. The number of carbonyl (C=O) groups is 3. The normalized spacial score (nSPS) is 13.7. The Morgan fingerprint density at radius 3 is 1.23 bits per heavy atom. The van der Waals surface area contributed by atoms with Crippen molar-refractivity contribution in [3.8, 4) is 0 Å². The van der Waals surface area contributed by atoms with Crippen molar-refractivity contribution in [2.24, 2.45) is 0 Å². The maximum Gasteiger partial charge on any atom is 0.362 e. The van der Waals surface area contributed by atoms with E-state index in [1.165, 1.54) is 89.9 Å². The number of aliphatic carboxylic acids is 1. The van der Waals surface area contributed by atoms with Gasteiger partial charge < -0.3 is 23.8 Å². The van der Waals surface area contributed by atoms with Gasteiger partial charge >= 0.3 is 17.9 Å². The predicted octanol–water partition coefficient (Wildman–Crippen LogP) is 16.8. The molecule has 2 unspecified atom stereocenters. The van der Waals surface area contributed by atoms with Crippen LogP contribution in [0.2, 0.25) is 0 Å². The van der Waals surface area contributed by atoms with Crippen molar-refractivity contribution >= 4 is 17.9 Å². The third kappa shape index (κ3) is 49.0. The van der Waals surface area contributed by atoms with E-state index < -0.39 is 18.1 Å². The first-order valence-electron chi connectivity index (χ1n) is 27.9. The molecule has 0 aromatic heterocycles. The van der Waals surface area contributed by atoms with Gasteiger partial charge in [0.25, 0.3) is 0 Å². The highest BCUT2D eigenvalue weighted by Crippen LogP contribution is 2.14. The molecular weight excluding hydrogens is 871 g/mol. The van der Waals surface area contributed by atoms with Gasteiger partial charge in [-0.15, -0.1) is 0 Å². The minimum absolute atomic E-state index is 0.0284. The summed E-state index contributed by atoms with van der Waals surface area (Å²) in [5.41, 5.74) is 0. The number of carboxylic acids is 1. The molecule has 8 heteroatoms. The summed E-state index contributed by atoms with van der Waals surface area (Å²) < 4.78 is 17.3. The second kappa shape index (κ2) is 51.3. The summed E-state index contributed by atoms with van der Waals surface area (Å²) in [6, 6.07) is -0.634. The molecule has 0 radical (unpaired) electrons. The molecular formula is C62H104NO7+. The van der Waals surface area contributed by atoms with Crippen molar-refractivity contribution < 1.29 is 38.2 Å². The summed E-state index contributed by atoms with van der Waals surface area (Å²) in [6.07, 6.45) is 71.6. The second-order valence-electron chi connectivity index (χ2n) is 19.5. The molecule has 1 N–H and O–H groups in total. The number of hydrogen-bond donors (Lipinski definition) is 1. The highest BCUT2D eigenvalue weighted by atomic mass is 16.6. The molecule has 0 heterocycles. The van der Waals surface area contributed by atoms with E-state index in [1.807, 2.05) is 21.1 Å². The first-order valence-corrected chi connectivity index (χ1v) is 27.9. The average molecular weight is 976 g/mol. The number of nitrogens with zero attached hydrogens (tertiary/aromatic N) is 1. The fraction of sp³-hybridized carbons (Fsp3) is 0.661. The number of carbonyl (C=O) groups excluding carboxylic acids is 2. The van der Waals surface area contributed by atoms with Crippen LogP contribution in [0.25, 0.3) is 0 Å². The summed E-state index contributed by atoms with van der Waals surface area (Å²) in [5.74, 6) is -1.56. The quantitative estimate of drug-likeness (QED) is 0.0281. The maximum absolute atomic E-state index is 12.8. The van der Waals surface area contributed by atoms with Crippen LogP contribution in [-0.2, 0) is 28.6 Å². The van der Waals surface area contributed by atoms with Gasteiger partial charge in [0, 0.05) is 19.3 Å². The molecule has 0 aliphatic rings. The molecule has 70 heavy (non-hydrogen) atoms. The Morgan fingerprint density at radius 1 is 0.443 bits per heavy atom. The lowest BCUT2D eigenvalue weighted by molar-refractivity contribution is -0.887. The molecule has 0 saturated heterocycles. The molecule has 0 saturated carbocycles. The number of rotatable bonds is 49. The van der Waals surface area contributed by atoms with Crippen molar-refractivity contribution in [2.75, 3.05) is 41.0 Å². The molecule has 0 amide bonds. The van der Waals surface area contributed by atoms with Gasteiger partial charge in [0.05, 0.1) is 34.4 Å². The molecule has 0 aliphatic carbocycles. The zero-order valence-corrected chi connectivity index (χ0v) is 45.4. The van der Waals surface area contributed by atoms with Gasteiger partial charge in [-0.2, -0.15) is 0 Å². The van der Waals surface area contributed by atoms with Crippen molar-refractivity contribution in [2.45, 2.75) is 225 Å². The average Bonchev–Trinajstić information content (AvgIpc) is 3.33. The third-order valence-electron chi connectivity index (χ3n) is 11.9. The number of allylic oxidation sites excluding steroid dienone is 18. The Morgan fingerprint density at radius 2 is 0.814 bits per heavy atom. The second-order valence-corrected chi connectivity index (χ2v) is 19.5. The molecule has 398 valence electrons. The van der Waals surface area contributed by atoms with Crippen LogP contribution in [0.5, 0.6) is 0 Å². The lowest BCUT2D eigenvalue weighted by Crippen LogP contribution is -2.50. The van der Waals surface area contributed by atoms with Crippen molar-refractivity contribution in [3.05, 3.63) is 109 Å². The maximum atomic E-state index is 12.8. The van der Waals surface area contributed by atoms with Gasteiger partial charge in [-0.05, 0) is 96.3 Å². The van der Waals surface area contributed by atoms with Crippen LogP contribution in [0.1, 0.15) is 213 Å². The number of esters is 2. The van der Waals surface area contributed by atoms with Crippen LogP contribution in [0.4, 0.5) is 0 Å². The summed E-state index contributed by atoms with van der Waals surface area (Å²) in [5, 5.41) is 9.67. The van der Waals surface area contributed by atoms with Crippen molar-refractivity contribution in [1.29, 1.82) is 0 Å². The summed E-state index contributed by atoms with van der Waals surface area (Å²) in [7, 11) is 5.51. The molecule has 0 aromatic rings. The van der Waals surface area contributed by atoms with E-state index in [0.717, 1.165) is 83.5 Å². The smallest absolute Gasteiger partial charge is 0.362 e. The lowest BCUT2D eigenvalue weighted by Gasteiger charge is -2.31. The number of likely N-dealkylation sites (N-methyl/N-ethyl adjacent to an activating group) is 1. The van der Waals surface area contributed by atoms with Crippen LogP contribution >= 0.6 is 0 Å². The van der Waals surface area contributed by atoms with E-state index in [4.69, 9.17) is 14.2 Å². The Bertz CT molecular complexity index is 1510. The zero-order chi connectivity index (χ0) is 51.3. The Balaban J connectivity index is 4.34. The van der Waals surface area contributed by atoms with E-state index in [0.29, 0.717) is 19.3 Å². The fourth-order valence-corrected chi connectivity index (χ4v) is 7.64. The Kier molecular flexibility index (Phi) is 48.4. The number of quaternary nitrogens is 1. The molecule has 0 fully saturated rings. The van der Waals surface area contributed by atoms with Gasteiger partial charge in [-0.1, -0.05) is 207 Å². The molecule has 0 spiro atoms. The van der Waals surface area contributed by atoms with E-state index in [-0.39, 0.29) is 42.7 Å². The van der Waals surface area contributed by atoms with Gasteiger partial charge in [0.2, 0.25) is 0 Å². The first kappa shape index (κ1) is 66.0. The third-order valence-corrected chi connectivity index (χ3v) is 11.9. The summed E-state index contributed by atoms with van der Waals surface area (Å²) in [4.78, 5) is 37.2. The topological polar surface area (TPSA) is 99.1 Å². The molecule has 0 rings (SSSR count). The fourth-order valence-electron chi connectivity index (χ4n) is 7.64. The van der Waals surface area contributed by atoms with E-state index in [1.54, 1.807) is 0 Å².